The van der Waals surface area contributed by atoms with Crippen LogP contribution in [0.25, 0.3) is 0 Å². The van der Waals surface area contributed by atoms with Gasteiger partial charge in [-0.25, -0.2) is 8.42 Å². The first-order chi connectivity index (χ1) is 8.83. The third-order valence-corrected chi connectivity index (χ3v) is 4.46. The molecular formula is C13H15ClO4S. The Balaban J connectivity index is 2.15. The molecule has 2 heterocycles. The molecule has 0 saturated heterocycles. The molecule has 4 nitrogen and oxygen atoms in total. The largest absolute Gasteiger partial charge is 0.490 e. The average molecular weight is 303 g/mol. The van der Waals surface area contributed by atoms with Crippen LogP contribution in [0, 0.1) is 0 Å². The molecule has 0 N–H and O–H groups in total. The number of hydrogen-bond acceptors (Lipinski definition) is 4. The van der Waals surface area contributed by atoms with Gasteiger partial charge in [0.2, 0.25) is 9.05 Å². The number of hydrogen-bond donors (Lipinski definition) is 0. The van der Waals surface area contributed by atoms with Gasteiger partial charge in [-0.2, -0.15) is 0 Å². The number of rotatable bonds is 2. The van der Waals surface area contributed by atoms with Gasteiger partial charge < -0.3 is 9.47 Å². The van der Waals surface area contributed by atoms with Crippen molar-refractivity contribution in [1.82, 2.24) is 0 Å². The molecule has 0 saturated carbocycles. The molecule has 104 valence electrons. The zero-order chi connectivity index (χ0) is 13.8. The van der Waals surface area contributed by atoms with Crippen LogP contribution in [0.15, 0.2) is 6.07 Å². The molecule has 6 heteroatoms. The van der Waals surface area contributed by atoms with Gasteiger partial charge in [-0.05, 0) is 19.9 Å². The smallest absolute Gasteiger partial charge is 0.236 e. The van der Waals surface area contributed by atoms with Crippen LogP contribution in [0.4, 0.5) is 0 Å². The first-order valence-electron chi connectivity index (χ1n) is 6.27. The molecule has 1 aromatic carbocycles. The number of fused-ring (bicyclic) bond motifs is 2. The summed E-state index contributed by atoms with van der Waals surface area (Å²) in [6.45, 7) is 3.93. The van der Waals surface area contributed by atoms with Crippen molar-refractivity contribution in [2.45, 2.75) is 44.6 Å². The fourth-order valence-corrected chi connectivity index (χ4v) is 3.82. The Morgan fingerprint density at radius 3 is 2.63 bits per heavy atom. The molecule has 19 heavy (non-hydrogen) atoms. The molecule has 2 aliphatic rings. The molecule has 0 radical (unpaired) electrons. The lowest BCUT2D eigenvalue weighted by molar-refractivity contribution is 0.252. The van der Waals surface area contributed by atoms with Crippen molar-refractivity contribution >= 4 is 19.7 Å². The molecule has 2 unspecified atom stereocenters. The Labute approximate surface area is 117 Å². The zero-order valence-corrected chi connectivity index (χ0v) is 12.3. The normalized spacial score (nSPS) is 24.6. The highest BCUT2D eigenvalue weighted by Gasteiger charge is 2.32. The fourth-order valence-electron chi connectivity index (χ4n) is 2.84. The Morgan fingerprint density at radius 1 is 1.26 bits per heavy atom. The van der Waals surface area contributed by atoms with E-state index in [-0.39, 0.29) is 18.0 Å². The summed E-state index contributed by atoms with van der Waals surface area (Å²) in [5.74, 6) is 1.26. The van der Waals surface area contributed by atoms with E-state index in [9.17, 15) is 8.42 Å². The first-order valence-corrected chi connectivity index (χ1v) is 8.74. The maximum atomic E-state index is 11.4. The van der Waals surface area contributed by atoms with E-state index >= 15 is 0 Å². The zero-order valence-electron chi connectivity index (χ0n) is 10.8. The van der Waals surface area contributed by atoms with Crippen molar-refractivity contribution in [3.8, 4) is 11.5 Å². The van der Waals surface area contributed by atoms with Crippen LogP contribution in [0.2, 0.25) is 0 Å². The van der Waals surface area contributed by atoms with Crippen LogP contribution >= 0.6 is 10.7 Å². The van der Waals surface area contributed by atoms with Gasteiger partial charge in [0.05, 0.1) is 5.75 Å². The van der Waals surface area contributed by atoms with Crippen molar-refractivity contribution in [2.75, 3.05) is 0 Å². The topological polar surface area (TPSA) is 52.6 Å². The van der Waals surface area contributed by atoms with Crippen LogP contribution in [-0.2, 0) is 27.6 Å². The molecule has 3 rings (SSSR count). The van der Waals surface area contributed by atoms with Crippen molar-refractivity contribution in [3.63, 3.8) is 0 Å². The van der Waals surface area contributed by atoms with E-state index in [4.69, 9.17) is 20.2 Å². The molecule has 0 aliphatic carbocycles. The predicted molar refractivity (Wildman–Crippen MR) is 72.5 cm³/mol. The molecule has 0 bridgehead atoms. The summed E-state index contributed by atoms with van der Waals surface area (Å²) >= 11 is 0. The molecule has 0 spiro atoms. The molecular weight excluding hydrogens is 288 g/mol. The van der Waals surface area contributed by atoms with Gasteiger partial charge in [-0.1, -0.05) is 0 Å². The molecule has 2 aliphatic heterocycles. The summed E-state index contributed by atoms with van der Waals surface area (Å²) in [5, 5.41) is 0. The summed E-state index contributed by atoms with van der Waals surface area (Å²) in [6.07, 6.45) is 1.59. The molecule has 0 fully saturated rings. The van der Waals surface area contributed by atoms with Crippen LogP contribution < -0.4 is 9.47 Å². The Bertz CT molecular complexity index is 602. The summed E-state index contributed by atoms with van der Waals surface area (Å²) in [7, 11) is 1.80. The maximum absolute atomic E-state index is 11.4. The third kappa shape index (κ3) is 2.41. The molecule has 0 amide bonds. The van der Waals surface area contributed by atoms with E-state index in [0.717, 1.165) is 23.3 Å². The van der Waals surface area contributed by atoms with E-state index in [1.807, 2.05) is 19.9 Å². The first kappa shape index (κ1) is 13.1. The van der Waals surface area contributed by atoms with Crippen molar-refractivity contribution in [1.29, 1.82) is 0 Å². The highest BCUT2D eigenvalue weighted by Crippen LogP contribution is 2.44. The quantitative estimate of drug-likeness (QED) is 0.787. The Kier molecular flexibility index (Phi) is 2.94. The maximum Gasteiger partial charge on any atom is 0.236 e. The SMILES string of the molecule is CC1Cc2c(cc3c(c2CS(=O)(=O)Cl)OC(C)C3)O1. The third-order valence-electron chi connectivity index (χ3n) is 3.50. The minimum atomic E-state index is -3.62. The van der Waals surface area contributed by atoms with Crippen molar-refractivity contribution in [3.05, 3.63) is 22.8 Å². The van der Waals surface area contributed by atoms with Gasteiger partial charge in [-0.3, -0.25) is 0 Å². The minimum absolute atomic E-state index is 0.0618. The van der Waals surface area contributed by atoms with Crippen LogP contribution in [-0.4, -0.2) is 20.6 Å². The van der Waals surface area contributed by atoms with Gasteiger partial charge in [-0.15, -0.1) is 0 Å². The second kappa shape index (κ2) is 4.28. The standard InChI is InChI=1S/C13H15ClO4S/c1-7-3-9-5-12-10(4-8(2)17-12)11(13(9)18-7)6-19(14,15)16/h5,7-8H,3-4,6H2,1-2H3. The lowest BCUT2D eigenvalue weighted by atomic mass is 9.99. The lowest BCUT2D eigenvalue weighted by Crippen LogP contribution is -2.08. The Hall–Kier alpha value is -0.940. The highest BCUT2D eigenvalue weighted by molar-refractivity contribution is 8.13. The number of halogens is 1. The van der Waals surface area contributed by atoms with Crippen molar-refractivity contribution < 1.29 is 17.9 Å². The Morgan fingerprint density at radius 2 is 1.95 bits per heavy atom. The van der Waals surface area contributed by atoms with Crippen LogP contribution in [0.5, 0.6) is 11.5 Å². The highest BCUT2D eigenvalue weighted by atomic mass is 35.7. The summed E-state index contributed by atoms with van der Waals surface area (Å²) < 4.78 is 34.4. The minimum Gasteiger partial charge on any atom is -0.490 e. The average Bonchev–Trinajstić information content (AvgIpc) is 2.78. The fraction of sp³-hybridized carbons (Fsp3) is 0.538. The molecule has 1 aromatic rings. The van der Waals surface area contributed by atoms with E-state index in [0.29, 0.717) is 17.7 Å². The second-order valence-electron chi connectivity index (χ2n) is 5.27. The monoisotopic (exact) mass is 302 g/mol. The van der Waals surface area contributed by atoms with Crippen molar-refractivity contribution in [2.24, 2.45) is 0 Å². The van der Waals surface area contributed by atoms with Gasteiger partial charge in [0.15, 0.2) is 0 Å². The van der Waals surface area contributed by atoms with E-state index in [2.05, 4.69) is 0 Å². The van der Waals surface area contributed by atoms with Gasteiger partial charge in [0.25, 0.3) is 0 Å². The van der Waals surface area contributed by atoms with E-state index < -0.39 is 9.05 Å². The van der Waals surface area contributed by atoms with Gasteiger partial charge in [0, 0.05) is 40.2 Å². The summed E-state index contributed by atoms with van der Waals surface area (Å²) in [4.78, 5) is 0. The van der Waals surface area contributed by atoms with E-state index in [1.165, 1.54) is 0 Å². The summed E-state index contributed by atoms with van der Waals surface area (Å²) in [5.41, 5.74) is 2.61. The van der Waals surface area contributed by atoms with Crippen LogP contribution in [0.1, 0.15) is 30.5 Å². The van der Waals surface area contributed by atoms with Gasteiger partial charge in [0.1, 0.15) is 23.7 Å². The van der Waals surface area contributed by atoms with Gasteiger partial charge >= 0.3 is 0 Å². The summed E-state index contributed by atoms with van der Waals surface area (Å²) in [6, 6.07) is 1.97. The number of benzene rings is 1. The second-order valence-corrected chi connectivity index (χ2v) is 8.05. The molecule has 2 atom stereocenters. The number of ether oxygens (including phenoxy) is 2. The predicted octanol–water partition coefficient (Wildman–Crippen LogP) is 2.40. The van der Waals surface area contributed by atoms with E-state index in [1.54, 1.807) is 0 Å². The molecule has 0 aromatic heterocycles. The lowest BCUT2D eigenvalue weighted by Gasteiger charge is -2.12. The van der Waals surface area contributed by atoms with Crippen LogP contribution in [0.3, 0.4) is 0 Å².